The highest BCUT2D eigenvalue weighted by Crippen LogP contribution is 2.05. The van der Waals surface area contributed by atoms with Gasteiger partial charge in [0.2, 0.25) is 0 Å². The van der Waals surface area contributed by atoms with E-state index in [-0.39, 0.29) is 0 Å². The Morgan fingerprint density at radius 2 is 1.87 bits per heavy atom. The van der Waals surface area contributed by atoms with Gasteiger partial charge in [0.1, 0.15) is 0 Å². The lowest BCUT2D eigenvalue weighted by Crippen LogP contribution is -2.11. The molecule has 0 bridgehead atoms. The second kappa shape index (κ2) is 7.09. The van der Waals surface area contributed by atoms with Gasteiger partial charge in [0.25, 0.3) is 0 Å². The summed E-state index contributed by atoms with van der Waals surface area (Å²) < 4.78 is 0. The molecular weight excluding hydrogens is 182 g/mol. The van der Waals surface area contributed by atoms with Crippen LogP contribution in [0.15, 0.2) is 24.3 Å². The van der Waals surface area contributed by atoms with Crippen LogP contribution in [0.2, 0.25) is 0 Å². The molecule has 0 atom stereocenters. The molecule has 0 aliphatic carbocycles. The average Bonchev–Trinajstić information content (AvgIpc) is 2.27. The Kier molecular flexibility index (Phi) is 5.58. The molecule has 1 rings (SSSR count). The Hall–Kier alpha value is -1.26. The van der Waals surface area contributed by atoms with Gasteiger partial charge in [0.05, 0.1) is 6.54 Å². The zero-order valence-corrected chi connectivity index (χ0v) is 9.64. The molecule has 0 aliphatic rings. The van der Waals surface area contributed by atoms with Gasteiger partial charge in [-0.25, -0.2) is 0 Å². The van der Waals surface area contributed by atoms with E-state index < -0.39 is 0 Å². The number of aryl methyl sites for hydroxylation is 1. The number of nitrogens with one attached hydrogen (secondary N) is 1. The van der Waals surface area contributed by atoms with Crippen LogP contribution in [0.25, 0.3) is 0 Å². The van der Waals surface area contributed by atoms with Crippen LogP contribution in [-0.4, -0.2) is 13.1 Å². The lowest BCUT2D eigenvalue weighted by molar-refractivity contribution is 0.811. The summed E-state index contributed by atoms with van der Waals surface area (Å²) >= 11 is 0. The molecule has 1 nitrogen and oxygen atoms in total. The minimum atomic E-state index is 0.771. The van der Waals surface area contributed by atoms with E-state index in [1.165, 1.54) is 12.0 Å². The van der Waals surface area contributed by atoms with Crippen LogP contribution in [0.4, 0.5) is 0 Å². The highest BCUT2D eigenvalue weighted by Gasteiger charge is 1.90. The molecule has 0 unspecified atom stereocenters. The summed E-state index contributed by atoms with van der Waals surface area (Å²) in [6.07, 6.45) is 2.36. The van der Waals surface area contributed by atoms with Gasteiger partial charge in [0.15, 0.2) is 0 Å². The van der Waals surface area contributed by atoms with Crippen LogP contribution in [0.5, 0.6) is 0 Å². The first-order valence-electron chi connectivity index (χ1n) is 5.65. The summed E-state index contributed by atoms with van der Waals surface area (Å²) in [5.74, 6) is 6.23. The maximum Gasteiger partial charge on any atom is 0.0580 e. The van der Waals surface area contributed by atoms with Crippen molar-refractivity contribution in [1.29, 1.82) is 0 Å². The van der Waals surface area contributed by atoms with E-state index in [2.05, 4.69) is 55.3 Å². The second-order valence-corrected chi connectivity index (χ2v) is 3.53. The fourth-order valence-corrected chi connectivity index (χ4v) is 1.38. The first kappa shape index (κ1) is 11.8. The molecule has 0 aromatic heterocycles. The van der Waals surface area contributed by atoms with E-state index in [0.717, 1.165) is 25.1 Å². The van der Waals surface area contributed by atoms with E-state index in [1.54, 1.807) is 0 Å². The summed E-state index contributed by atoms with van der Waals surface area (Å²) in [6.45, 7) is 6.03. The predicted molar refractivity (Wildman–Crippen MR) is 65.9 cm³/mol. The molecule has 1 aromatic carbocycles. The van der Waals surface area contributed by atoms with Crippen LogP contribution >= 0.6 is 0 Å². The van der Waals surface area contributed by atoms with Gasteiger partial charge in [-0.3, -0.25) is 0 Å². The number of rotatable bonds is 4. The second-order valence-electron chi connectivity index (χ2n) is 3.53. The van der Waals surface area contributed by atoms with Gasteiger partial charge in [-0.2, -0.15) is 0 Å². The molecule has 0 spiro atoms. The van der Waals surface area contributed by atoms with Gasteiger partial charge in [-0.05, 0) is 30.7 Å². The quantitative estimate of drug-likeness (QED) is 0.583. The van der Waals surface area contributed by atoms with E-state index >= 15 is 0 Å². The number of hydrogen-bond donors (Lipinski definition) is 1. The Morgan fingerprint density at radius 1 is 1.13 bits per heavy atom. The number of hydrogen-bond acceptors (Lipinski definition) is 1. The van der Waals surface area contributed by atoms with Crippen LogP contribution in [-0.2, 0) is 6.42 Å². The van der Waals surface area contributed by atoms with E-state index in [4.69, 9.17) is 0 Å². The smallest absolute Gasteiger partial charge is 0.0580 e. The third-order valence-electron chi connectivity index (χ3n) is 2.19. The van der Waals surface area contributed by atoms with Crippen LogP contribution in [0, 0.1) is 11.8 Å². The average molecular weight is 201 g/mol. The Labute approximate surface area is 92.9 Å². The molecule has 1 heteroatoms. The summed E-state index contributed by atoms with van der Waals surface area (Å²) in [5, 5.41) is 3.18. The highest BCUT2D eigenvalue weighted by molar-refractivity contribution is 5.36. The summed E-state index contributed by atoms with van der Waals surface area (Å²) in [5.41, 5.74) is 2.50. The molecule has 0 aliphatic heterocycles. The van der Waals surface area contributed by atoms with Crippen molar-refractivity contribution in [2.45, 2.75) is 26.7 Å². The van der Waals surface area contributed by atoms with Gasteiger partial charge >= 0.3 is 0 Å². The summed E-state index contributed by atoms with van der Waals surface area (Å²) in [6, 6.07) is 8.54. The van der Waals surface area contributed by atoms with E-state index in [0.29, 0.717) is 0 Å². The zero-order valence-electron chi connectivity index (χ0n) is 9.64. The molecule has 1 N–H and O–H groups in total. The molecular formula is C14H19N. The first-order chi connectivity index (χ1) is 7.36. The van der Waals surface area contributed by atoms with Crippen molar-refractivity contribution >= 4 is 0 Å². The lowest BCUT2D eigenvalue weighted by atomic mass is 10.1. The molecule has 0 radical (unpaired) electrons. The Bertz CT molecular complexity index is 327. The van der Waals surface area contributed by atoms with Gasteiger partial charge < -0.3 is 5.32 Å². The molecule has 0 saturated carbocycles. The molecule has 1 aromatic rings. The molecule has 0 amide bonds. The Morgan fingerprint density at radius 3 is 2.47 bits per heavy atom. The SMILES string of the molecule is CCCc1ccc(C#CCNCC)cc1. The van der Waals surface area contributed by atoms with Crippen molar-refractivity contribution in [1.82, 2.24) is 5.32 Å². The lowest BCUT2D eigenvalue weighted by Gasteiger charge is -1.97. The van der Waals surface area contributed by atoms with Crippen molar-refractivity contribution in [3.05, 3.63) is 35.4 Å². The van der Waals surface area contributed by atoms with Gasteiger partial charge in [-0.15, -0.1) is 0 Å². The van der Waals surface area contributed by atoms with Gasteiger partial charge in [-0.1, -0.05) is 44.2 Å². The van der Waals surface area contributed by atoms with Crippen LogP contribution in [0.1, 0.15) is 31.4 Å². The van der Waals surface area contributed by atoms with Crippen molar-refractivity contribution in [3.8, 4) is 11.8 Å². The largest absolute Gasteiger partial charge is 0.306 e. The first-order valence-corrected chi connectivity index (χ1v) is 5.65. The molecule has 80 valence electrons. The molecule has 15 heavy (non-hydrogen) atoms. The summed E-state index contributed by atoms with van der Waals surface area (Å²) in [4.78, 5) is 0. The van der Waals surface area contributed by atoms with Crippen molar-refractivity contribution < 1.29 is 0 Å². The maximum atomic E-state index is 3.18. The van der Waals surface area contributed by atoms with E-state index in [1.807, 2.05) is 0 Å². The van der Waals surface area contributed by atoms with Crippen molar-refractivity contribution in [2.24, 2.45) is 0 Å². The zero-order chi connectivity index (χ0) is 10.9. The molecule has 0 saturated heterocycles. The minimum Gasteiger partial charge on any atom is -0.306 e. The fraction of sp³-hybridized carbons (Fsp3) is 0.429. The standard InChI is InChI=1S/C14H19N/c1-3-6-13-8-10-14(11-9-13)7-5-12-15-4-2/h8-11,15H,3-4,6,12H2,1-2H3. The Balaban J connectivity index is 2.51. The van der Waals surface area contributed by atoms with Crippen molar-refractivity contribution in [3.63, 3.8) is 0 Å². The molecule has 0 fully saturated rings. The van der Waals surface area contributed by atoms with Crippen LogP contribution in [0.3, 0.4) is 0 Å². The third kappa shape index (κ3) is 4.67. The predicted octanol–water partition coefficient (Wildman–Crippen LogP) is 2.60. The number of benzene rings is 1. The maximum absolute atomic E-state index is 3.18. The normalized spacial score (nSPS) is 9.47. The fourth-order valence-electron chi connectivity index (χ4n) is 1.38. The highest BCUT2D eigenvalue weighted by atomic mass is 14.8. The molecule has 0 heterocycles. The topological polar surface area (TPSA) is 12.0 Å². The van der Waals surface area contributed by atoms with Gasteiger partial charge in [0, 0.05) is 5.56 Å². The van der Waals surface area contributed by atoms with Crippen molar-refractivity contribution in [2.75, 3.05) is 13.1 Å². The van der Waals surface area contributed by atoms with E-state index in [9.17, 15) is 0 Å². The minimum absolute atomic E-state index is 0.771. The third-order valence-corrected chi connectivity index (χ3v) is 2.19. The van der Waals surface area contributed by atoms with Crippen LogP contribution < -0.4 is 5.32 Å². The monoisotopic (exact) mass is 201 g/mol. The summed E-state index contributed by atoms with van der Waals surface area (Å²) in [7, 11) is 0.